The van der Waals surface area contributed by atoms with Crippen molar-refractivity contribution in [3.63, 3.8) is 0 Å². The van der Waals surface area contributed by atoms with Gasteiger partial charge in [0.25, 0.3) is 0 Å². The first-order chi connectivity index (χ1) is 8.17. The maximum Gasteiger partial charge on any atom is 0.228 e. The standard InChI is InChI=1S/C12H16N4O/c1-4-9-8-11(15(3)14-9)12(17)10-6-7-13-16(10)5-2/h6-8H,4-5H2,1-3H3. The molecule has 17 heavy (non-hydrogen) atoms. The molecule has 0 aliphatic rings. The zero-order valence-corrected chi connectivity index (χ0v) is 10.3. The summed E-state index contributed by atoms with van der Waals surface area (Å²) in [5, 5.41) is 8.39. The molecule has 0 aliphatic heterocycles. The Morgan fingerprint density at radius 3 is 2.71 bits per heavy atom. The Kier molecular flexibility index (Phi) is 3.08. The smallest absolute Gasteiger partial charge is 0.228 e. The molecule has 2 rings (SSSR count). The third kappa shape index (κ3) is 2.00. The number of aromatic nitrogens is 4. The molecular formula is C12H16N4O. The van der Waals surface area contributed by atoms with E-state index in [-0.39, 0.29) is 5.78 Å². The number of ketones is 1. The second kappa shape index (κ2) is 4.53. The predicted octanol–water partition coefficient (Wildman–Crippen LogP) is 1.43. The minimum atomic E-state index is -0.0287. The van der Waals surface area contributed by atoms with Crippen LogP contribution in [0.1, 0.15) is 35.7 Å². The van der Waals surface area contributed by atoms with Crippen molar-refractivity contribution in [2.24, 2.45) is 7.05 Å². The van der Waals surface area contributed by atoms with Crippen molar-refractivity contribution in [3.05, 3.63) is 35.4 Å². The summed E-state index contributed by atoms with van der Waals surface area (Å²) in [5.41, 5.74) is 2.15. The molecule has 0 aliphatic carbocycles. The summed E-state index contributed by atoms with van der Waals surface area (Å²) in [4.78, 5) is 12.3. The molecule has 5 heteroatoms. The Morgan fingerprint density at radius 1 is 1.35 bits per heavy atom. The SMILES string of the molecule is CCc1cc(C(=O)c2ccnn2CC)n(C)n1. The summed E-state index contributed by atoms with van der Waals surface area (Å²) in [7, 11) is 1.79. The fraction of sp³-hybridized carbons (Fsp3) is 0.417. The van der Waals surface area contributed by atoms with Crippen LogP contribution in [0.5, 0.6) is 0 Å². The Hall–Kier alpha value is -1.91. The van der Waals surface area contributed by atoms with Crippen LogP contribution in [-0.4, -0.2) is 25.3 Å². The lowest BCUT2D eigenvalue weighted by atomic mass is 10.2. The van der Waals surface area contributed by atoms with E-state index in [2.05, 4.69) is 10.2 Å². The molecule has 0 unspecified atom stereocenters. The summed E-state index contributed by atoms with van der Waals surface area (Å²) < 4.78 is 3.33. The monoisotopic (exact) mass is 232 g/mol. The van der Waals surface area contributed by atoms with Gasteiger partial charge in [-0.05, 0) is 25.5 Å². The van der Waals surface area contributed by atoms with Crippen LogP contribution in [0.4, 0.5) is 0 Å². The van der Waals surface area contributed by atoms with Gasteiger partial charge < -0.3 is 0 Å². The normalized spacial score (nSPS) is 10.8. The van der Waals surface area contributed by atoms with Crippen molar-refractivity contribution in [2.45, 2.75) is 26.8 Å². The van der Waals surface area contributed by atoms with Gasteiger partial charge in [0, 0.05) is 19.8 Å². The van der Waals surface area contributed by atoms with Gasteiger partial charge >= 0.3 is 0 Å². The van der Waals surface area contributed by atoms with Crippen molar-refractivity contribution in [3.8, 4) is 0 Å². The van der Waals surface area contributed by atoms with E-state index in [0.29, 0.717) is 17.9 Å². The average Bonchev–Trinajstić information content (AvgIpc) is 2.93. The van der Waals surface area contributed by atoms with Crippen LogP contribution in [-0.2, 0) is 20.0 Å². The fourth-order valence-electron chi connectivity index (χ4n) is 1.82. The molecule has 0 bridgehead atoms. The lowest BCUT2D eigenvalue weighted by Crippen LogP contribution is -2.13. The van der Waals surface area contributed by atoms with E-state index >= 15 is 0 Å². The summed E-state index contributed by atoms with van der Waals surface area (Å²) in [6.07, 6.45) is 2.47. The number of carbonyl (C=O) groups is 1. The van der Waals surface area contributed by atoms with Gasteiger partial charge in [0.1, 0.15) is 11.4 Å². The van der Waals surface area contributed by atoms with Crippen LogP contribution in [0.3, 0.4) is 0 Å². The van der Waals surface area contributed by atoms with Gasteiger partial charge in [-0.2, -0.15) is 10.2 Å². The lowest BCUT2D eigenvalue weighted by molar-refractivity contribution is 0.102. The average molecular weight is 232 g/mol. The van der Waals surface area contributed by atoms with E-state index in [0.717, 1.165) is 12.1 Å². The van der Waals surface area contributed by atoms with E-state index in [9.17, 15) is 4.79 Å². The summed E-state index contributed by atoms with van der Waals surface area (Å²) in [5.74, 6) is -0.0287. The highest BCUT2D eigenvalue weighted by molar-refractivity contribution is 6.06. The molecule has 5 nitrogen and oxygen atoms in total. The van der Waals surface area contributed by atoms with Crippen LogP contribution in [0, 0.1) is 0 Å². The predicted molar refractivity (Wildman–Crippen MR) is 63.9 cm³/mol. The van der Waals surface area contributed by atoms with Crippen LogP contribution < -0.4 is 0 Å². The number of hydrogen-bond donors (Lipinski definition) is 0. The first-order valence-electron chi connectivity index (χ1n) is 5.76. The molecule has 0 fully saturated rings. The van der Waals surface area contributed by atoms with Crippen LogP contribution >= 0.6 is 0 Å². The number of rotatable bonds is 4. The van der Waals surface area contributed by atoms with Gasteiger partial charge in [0.2, 0.25) is 5.78 Å². The Balaban J connectivity index is 2.40. The van der Waals surface area contributed by atoms with Crippen LogP contribution in [0.25, 0.3) is 0 Å². The molecule has 2 heterocycles. The summed E-state index contributed by atoms with van der Waals surface area (Å²) in [6, 6.07) is 3.58. The largest absolute Gasteiger partial charge is 0.285 e. The van der Waals surface area contributed by atoms with Crippen molar-refractivity contribution in [1.29, 1.82) is 0 Å². The minimum Gasteiger partial charge on any atom is -0.285 e. The second-order valence-electron chi connectivity index (χ2n) is 3.86. The Bertz CT molecular complexity index is 538. The molecule has 2 aromatic rings. The molecule has 0 amide bonds. The van der Waals surface area contributed by atoms with Crippen molar-refractivity contribution in [2.75, 3.05) is 0 Å². The number of aryl methyl sites for hydroxylation is 3. The molecular weight excluding hydrogens is 216 g/mol. The summed E-state index contributed by atoms with van der Waals surface area (Å²) >= 11 is 0. The molecule has 0 saturated carbocycles. The van der Waals surface area contributed by atoms with Crippen molar-refractivity contribution < 1.29 is 4.79 Å². The molecule has 0 N–H and O–H groups in total. The molecule has 2 aromatic heterocycles. The highest BCUT2D eigenvalue weighted by atomic mass is 16.1. The molecule has 90 valence electrons. The van der Waals surface area contributed by atoms with E-state index in [1.165, 1.54) is 0 Å². The number of carbonyl (C=O) groups excluding carboxylic acids is 1. The van der Waals surface area contributed by atoms with Gasteiger partial charge in [-0.1, -0.05) is 6.92 Å². The van der Waals surface area contributed by atoms with Crippen molar-refractivity contribution in [1.82, 2.24) is 19.6 Å². The second-order valence-corrected chi connectivity index (χ2v) is 3.86. The van der Waals surface area contributed by atoms with Crippen LogP contribution in [0.2, 0.25) is 0 Å². The minimum absolute atomic E-state index is 0.0287. The zero-order chi connectivity index (χ0) is 12.4. The quantitative estimate of drug-likeness (QED) is 0.749. The number of hydrogen-bond acceptors (Lipinski definition) is 3. The maximum atomic E-state index is 12.3. The lowest BCUT2D eigenvalue weighted by Gasteiger charge is -2.03. The molecule has 0 atom stereocenters. The molecule has 0 spiro atoms. The highest BCUT2D eigenvalue weighted by Crippen LogP contribution is 2.11. The van der Waals surface area contributed by atoms with Gasteiger partial charge in [0.15, 0.2) is 0 Å². The van der Waals surface area contributed by atoms with Crippen LogP contribution in [0.15, 0.2) is 18.3 Å². The summed E-state index contributed by atoms with van der Waals surface area (Å²) in [6.45, 7) is 4.67. The van der Waals surface area contributed by atoms with E-state index in [1.807, 2.05) is 19.9 Å². The van der Waals surface area contributed by atoms with E-state index in [4.69, 9.17) is 0 Å². The van der Waals surface area contributed by atoms with Gasteiger partial charge in [0.05, 0.1) is 5.69 Å². The highest BCUT2D eigenvalue weighted by Gasteiger charge is 2.18. The molecule has 0 saturated heterocycles. The fourth-order valence-corrected chi connectivity index (χ4v) is 1.82. The first kappa shape index (κ1) is 11.6. The van der Waals surface area contributed by atoms with E-state index in [1.54, 1.807) is 28.7 Å². The third-order valence-electron chi connectivity index (χ3n) is 2.77. The van der Waals surface area contributed by atoms with Gasteiger partial charge in [-0.25, -0.2) is 0 Å². The number of nitrogens with zero attached hydrogens (tertiary/aromatic N) is 4. The Morgan fingerprint density at radius 2 is 2.12 bits per heavy atom. The molecule has 0 aromatic carbocycles. The Labute approximate surface area is 100 Å². The maximum absolute atomic E-state index is 12.3. The van der Waals surface area contributed by atoms with Gasteiger partial charge in [-0.3, -0.25) is 14.2 Å². The van der Waals surface area contributed by atoms with E-state index < -0.39 is 0 Å². The first-order valence-corrected chi connectivity index (χ1v) is 5.76. The third-order valence-corrected chi connectivity index (χ3v) is 2.77. The van der Waals surface area contributed by atoms with Gasteiger partial charge in [-0.15, -0.1) is 0 Å². The topological polar surface area (TPSA) is 52.7 Å². The van der Waals surface area contributed by atoms with Crippen molar-refractivity contribution >= 4 is 5.78 Å². The molecule has 0 radical (unpaired) electrons. The zero-order valence-electron chi connectivity index (χ0n) is 10.3.